The Hall–Kier alpha value is -1.35. The third-order valence-corrected chi connectivity index (χ3v) is 3.77. The molecule has 1 aromatic heterocycles. The van der Waals surface area contributed by atoms with E-state index < -0.39 is 0 Å². The molecule has 1 aliphatic rings. The average Bonchev–Trinajstić information content (AvgIpc) is 2.78. The minimum absolute atomic E-state index is 0.0925. The van der Waals surface area contributed by atoms with Gasteiger partial charge < -0.3 is 11.1 Å². The van der Waals surface area contributed by atoms with Gasteiger partial charge >= 0.3 is 6.03 Å². The van der Waals surface area contributed by atoms with Gasteiger partial charge in [0.25, 0.3) is 0 Å². The van der Waals surface area contributed by atoms with Crippen LogP contribution in [0.5, 0.6) is 0 Å². The second-order valence-electron chi connectivity index (χ2n) is 2.96. The normalized spacial score (nSPS) is 15.6. The van der Waals surface area contributed by atoms with Crippen LogP contribution in [-0.2, 0) is 4.79 Å². The summed E-state index contributed by atoms with van der Waals surface area (Å²) in [5, 5.41) is 10.4. The van der Waals surface area contributed by atoms with Crippen molar-refractivity contribution in [3.05, 3.63) is 0 Å². The highest BCUT2D eigenvalue weighted by Gasteiger charge is 2.27. The van der Waals surface area contributed by atoms with Crippen molar-refractivity contribution in [3.8, 4) is 0 Å². The molecule has 0 spiro atoms. The molecule has 0 radical (unpaired) electrons. The van der Waals surface area contributed by atoms with Crippen LogP contribution in [0.25, 0.3) is 0 Å². The summed E-state index contributed by atoms with van der Waals surface area (Å²) in [6.07, 6.45) is 0. The molecule has 2 heterocycles. The largest absolute Gasteiger partial charge is 0.374 e. The maximum Gasteiger partial charge on any atom is 0.324 e. The van der Waals surface area contributed by atoms with Gasteiger partial charge in [-0.05, 0) is 0 Å². The zero-order chi connectivity index (χ0) is 11.5. The molecule has 1 fully saturated rings. The molecular weight excluding hydrogens is 250 g/mol. The van der Waals surface area contributed by atoms with Gasteiger partial charge in [0, 0.05) is 12.3 Å². The van der Waals surface area contributed by atoms with Crippen LogP contribution in [0, 0.1) is 0 Å². The number of carbonyl (C=O) groups is 2. The fraction of sp³-hybridized carbons (Fsp3) is 0.429. The molecule has 9 heteroatoms. The number of carbonyl (C=O) groups excluding carboxylic acids is 2. The van der Waals surface area contributed by atoms with Gasteiger partial charge in [-0.15, -0.1) is 10.2 Å². The van der Waals surface area contributed by atoms with Crippen molar-refractivity contribution in [3.63, 3.8) is 0 Å². The first-order valence-electron chi connectivity index (χ1n) is 4.47. The Kier molecular flexibility index (Phi) is 3.25. The third-order valence-electron chi connectivity index (χ3n) is 1.90. The lowest BCUT2D eigenvalue weighted by Crippen LogP contribution is -2.32. The van der Waals surface area contributed by atoms with Crippen LogP contribution >= 0.6 is 23.1 Å². The number of nitrogens with zero attached hydrogens (tertiary/aromatic N) is 3. The van der Waals surface area contributed by atoms with Crippen molar-refractivity contribution in [2.75, 3.05) is 24.6 Å². The lowest BCUT2D eigenvalue weighted by molar-refractivity contribution is -0.124. The van der Waals surface area contributed by atoms with Crippen LogP contribution in [0.2, 0.25) is 0 Å². The predicted molar refractivity (Wildman–Crippen MR) is 60.2 cm³/mol. The fourth-order valence-electron chi connectivity index (χ4n) is 1.18. The smallest absolute Gasteiger partial charge is 0.324 e. The zero-order valence-electron chi connectivity index (χ0n) is 8.17. The number of nitrogens with two attached hydrogens (primary N) is 1. The summed E-state index contributed by atoms with van der Waals surface area (Å²) in [6.45, 7) is 0.462. The van der Waals surface area contributed by atoms with E-state index in [2.05, 4.69) is 15.5 Å². The monoisotopic (exact) mass is 259 g/mol. The Labute approximate surface area is 99.4 Å². The highest BCUT2D eigenvalue weighted by Crippen LogP contribution is 2.23. The Balaban J connectivity index is 1.80. The number of thioether (sulfide) groups is 1. The molecule has 7 nitrogen and oxygen atoms in total. The number of rotatable bonds is 4. The second-order valence-corrected chi connectivity index (χ2v) is 5.31. The van der Waals surface area contributed by atoms with Crippen LogP contribution in [0.1, 0.15) is 0 Å². The van der Waals surface area contributed by atoms with Crippen molar-refractivity contribution < 1.29 is 9.59 Å². The van der Waals surface area contributed by atoms with E-state index in [4.69, 9.17) is 5.73 Å². The molecule has 2 rings (SSSR count). The van der Waals surface area contributed by atoms with Crippen molar-refractivity contribution in [1.82, 2.24) is 20.4 Å². The summed E-state index contributed by atoms with van der Waals surface area (Å²) in [6, 6.07) is -0.331. The number of urea groups is 1. The molecule has 0 aromatic carbocycles. The molecule has 86 valence electrons. The Bertz CT molecular complexity index is 405. The van der Waals surface area contributed by atoms with Gasteiger partial charge in [0.2, 0.25) is 11.0 Å². The van der Waals surface area contributed by atoms with E-state index in [1.807, 2.05) is 0 Å². The van der Waals surface area contributed by atoms with Crippen LogP contribution in [0.15, 0.2) is 4.34 Å². The topological polar surface area (TPSA) is 101 Å². The summed E-state index contributed by atoms with van der Waals surface area (Å²) in [7, 11) is 0. The van der Waals surface area contributed by atoms with E-state index in [1.54, 1.807) is 0 Å². The van der Waals surface area contributed by atoms with Crippen LogP contribution in [0.4, 0.5) is 9.93 Å². The molecule has 1 aromatic rings. The van der Waals surface area contributed by atoms with Gasteiger partial charge in [0.15, 0.2) is 4.34 Å². The second kappa shape index (κ2) is 4.66. The SMILES string of the molecule is Nc1nnc(SCCN2C(=O)CNC2=O)s1. The number of nitrogen functional groups attached to an aromatic ring is 1. The fourth-order valence-corrected chi connectivity index (χ4v) is 2.82. The molecule has 0 atom stereocenters. The molecule has 0 unspecified atom stereocenters. The molecule has 0 bridgehead atoms. The molecular formula is C7H9N5O2S2. The van der Waals surface area contributed by atoms with E-state index in [0.29, 0.717) is 17.4 Å². The van der Waals surface area contributed by atoms with Crippen molar-refractivity contribution in [2.24, 2.45) is 0 Å². The van der Waals surface area contributed by atoms with Crippen molar-refractivity contribution in [2.45, 2.75) is 4.34 Å². The summed E-state index contributed by atoms with van der Waals surface area (Å²) in [5.74, 6) is 0.399. The van der Waals surface area contributed by atoms with E-state index in [0.717, 1.165) is 4.34 Å². The standard InChI is InChI=1S/C7H9N5O2S2/c8-5-10-11-7(16-5)15-2-1-12-4(13)3-9-6(12)14/h1-3H2,(H2,8,10)(H,9,14). The highest BCUT2D eigenvalue weighted by molar-refractivity contribution is 8.01. The van der Waals surface area contributed by atoms with Gasteiger partial charge in [-0.1, -0.05) is 23.1 Å². The highest BCUT2D eigenvalue weighted by atomic mass is 32.2. The number of anilines is 1. The maximum atomic E-state index is 11.2. The van der Waals surface area contributed by atoms with Crippen molar-refractivity contribution in [1.29, 1.82) is 0 Å². The first-order chi connectivity index (χ1) is 7.66. The van der Waals surface area contributed by atoms with Crippen molar-refractivity contribution >= 4 is 40.2 Å². The van der Waals surface area contributed by atoms with Gasteiger partial charge in [-0.25, -0.2) is 4.79 Å². The first kappa shape index (κ1) is 11.1. The van der Waals surface area contributed by atoms with Crippen LogP contribution < -0.4 is 11.1 Å². The average molecular weight is 259 g/mol. The molecule has 0 saturated carbocycles. The van der Waals surface area contributed by atoms with Crippen LogP contribution in [0.3, 0.4) is 0 Å². The lowest BCUT2D eigenvalue weighted by Gasteiger charge is -2.10. The summed E-state index contributed by atoms with van der Waals surface area (Å²) >= 11 is 2.71. The predicted octanol–water partition coefficient (Wildman–Crippen LogP) is -0.236. The molecule has 1 saturated heterocycles. The van der Waals surface area contributed by atoms with Gasteiger partial charge in [-0.3, -0.25) is 9.69 Å². The summed E-state index contributed by atoms with van der Waals surface area (Å²) < 4.78 is 0.740. The zero-order valence-corrected chi connectivity index (χ0v) is 9.81. The number of hydrogen-bond donors (Lipinski definition) is 2. The molecule has 0 aliphatic carbocycles. The minimum atomic E-state index is -0.331. The van der Waals surface area contributed by atoms with Gasteiger partial charge in [-0.2, -0.15) is 0 Å². The number of amides is 3. The van der Waals surface area contributed by atoms with E-state index in [-0.39, 0.29) is 18.5 Å². The number of imide groups is 1. The number of nitrogens with one attached hydrogen (secondary N) is 1. The Morgan fingerprint density at radius 2 is 2.31 bits per heavy atom. The van der Waals surface area contributed by atoms with E-state index >= 15 is 0 Å². The van der Waals surface area contributed by atoms with E-state index in [1.165, 1.54) is 28.0 Å². The summed E-state index contributed by atoms with van der Waals surface area (Å²) in [4.78, 5) is 23.6. The van der Waals surface area contributed by atoms with Gasteiger partial charge in [0.1, 0.15) is 0 Å². The molecule has 3 amide bonds. The minimum Gasteiger partial charge on any atom is -0.374 e. The maximum absolute atomic E-state index is 11.2. The van der Waals surface area contributed by atoms with E-state index in [9.17, 15) is 9.59 Å². The Morgan fingerprint density at radius 1 is 1.50 bits per heavy atom. The Morgan fingerprint density at radius 3 is 2.88 bits per heavy atom. The number of aromatic nitrogens is 2. The van der Waals surface area contributed by atoms with Crippen LogP contribution in [-0.4, -0.2) is 45.9 Å². The molecule has 16 heavy (non-hydrogen) atoms. The summed E-state index contributed by atoms with van der Waals surface area (Å²) in [5.41, 5.74) is 5.42. The quantitative estimate of drug-likeness (QED) is 0.572. The van der Waals surface area contributed by atoms with Gasteiger partial charge in [0.05, 0.1) is 6.54 Å². The molecule has 1 aliphatic heterocycles. The lowest BCUT2D eigenvalue weighted by atomic mass is 10.5. The first-order valence-corrected chi connectivity index (χ1v) is 6.27. The number of hydrogen-bond acceptors (Lipinski definition) is 7. The molecule has 3 N–H and O–H groups in total. The third kappa shape index (κ3) is 2.42.